The van der Waals surface area contributed by atoms with E-state index in [1.165, 1.54) is 17.4 Å². The molecule has 3 aromatic heterocycles. The number of pyridine rings is 1. The minimum Gasteiger partial charge on any atom is -0.476 e. The molecule has 20 heavy (non-hydrogen) atoms. The molecule has 0 aromatic carbocycles. The number of aromatic nitrogens is 3. The van der Waals surface area contributed by atoms with E-state index in [0.717, 1.165) is 10.6 Å². The Morgan fingerprint density at radius 3 is 2.60 bits per heavy atom. The van der Waals surface area contributed by atoms with Crippen LogP contribution in [0.4, 0.5) is 0 Å². The third-order valence-electron chi connectivity index (χ3n) is 2.66. The summed E-state index contributed by atoms with van der Waals surface area (Å²) in [5, 5.41) is 13.2. The lowest BCUT2D eigenvalue weighted by Crippen LogP contribution is -2.02. The van der Waals surface area contributed by atoms with Crippen molar-refractivity contribution in [2.45, 2.75) is 0 Å². The van der Waals surface area contributed by atoms with Crippen molar-refractivity contribution >= 4 is 28.9 Å². The molecule has 7 heteroatoms. The van der Waals surface area contributed by atoms with E-state index in [9.17, 15) is 4.79 Å². The highest BCUT2D eigenvalue weighted by atomic mass is 35.5. The van der Waals surface area contributed by atoms with Gasteiger partial charge in [0.1, 0.15) is 0 Å². The molecule has 0 bridgehead atoms. The van der Waals surface area contributed by atoms with Crippen molar-refractivity contribution in [3.8, 4) is 16.3 Å². The van der Waals surface area contributed by atoms with Crippen molar-refractivity contribution in [2.75, 3.05) is 0 Å². The van der Waals surface area contributed by atoms with Crippen molar-refractivity contribution in [1.29, 1.82) is 0 Å². The van der Waals surface area contributed by atoms with E-state index in [2.05, 4.69) is 10.1 Å². The van der Waals surface area contributed by atoms with E-state index in [4.69, 9.17) is 16.7 Å². The van der Waals surface area contributed by atoms with Gasteiger partial charge in [-0.1, -0.05) is 11.6 Å². The second-order valence-electron chi connectivity index (χ2n) is 3.94. The third-order valence-corrected chi connectivity index (χ3v) is 3.92. The first kappa shape index (κ1) is 12.8. The maximum Gasteiger partial charge on any atom is 0.356 e. The average Bonchev–Trinajstić information content (AvgIpc) is 3.05. The van der Waals surface area contributed by atoms with Crippen LogP contribution in [0.15, 0.2) is 42.7 Å². The predicted molar refractivity (Wildman–Crippen MR) is 76.6 cm³/mol. The van der Waals surface area contributed by atoms with Crippen molar-refractivity contribution in [1.82, 2.24) is 14.8 Å². The summed E-state index contributed by atoms with van der Waals surface area (Å²) >= 11 is 7.31. The molecule has 3 heterocycles. The Labute approximate surface area is 123 Å². The lowest BCUT2D eigenvalue weighted by atomic mass is 10.3. The van der Waals surface area contributed by atoms with E-state index >= 15 is 0 Å². The zero-order valence-corrected chi connectivity index (χ0v) is 11.6. The number of nitrogens with zero attached hydrogens (tertiary/aromatic N) is 3. The summed E-state index contributed by atoms with van der Waals surface area (Å²) in [5.74, 6) is -1.07. The number of rotatable bonds is 3. The van der Waals surface area contributed by atoms with Crippen molar-refractivity contribution < 1.29 is 9.90 Å². The van der Waals surface area contributed by atoms with Crippen LogP contribution in [0, 0.1) is 0 Å². The summed E-state index contributed by atoms with van der Waals surface area (Å²) in [4.78, 5) is 15.9. The quantitative estimate of drug-likeness (QED) is 0.805. The zero-order valence-electron chi connectivity index (χ0n) is 10.0. The average molecular weight is 306 g/mol. The first-order valence-corrected chi connectivity index (χ1v) is 6.84. The van der Waals surface area contributed by atoms with Gasteiger partial charge in [-0.05, 0) is 24.3 Å². The fraction of sp³-hybridized carbons (Fsp3) is 0. The summed E-state index contributed by atoms with van der Waals surface area (Å²) in [6.07, 6.45) is 3.26. The zero-order chi connectivity index (χ0) is 14.1. The molecule has 5 nitrogen and oxygen atoms in total. The Bertz CT molecular complexity index is 767. The Hall–Kier alpha value is -2.18. The summed E-state index contributed by atoms with van der Waals surface area (Å²) in [6, 6.07) is 8.67. The Morgan fingerprint density at radius 2 is 2.00 bits per heavy atom. The highest BCUT2D eigenvalue weighted by Gasteiger charge is 2.17. The van der Waals surface area contributed by atoms with Gasteiger partial charge in [-0.2, -0.15) is 5.10 Å². The van der Waals surface area contributed by atoms with Gasteiger partial charge >= 0.3 is 5.97 Å². The number of aromatic carboxylic acids is 1. The lowest BCUT2D eigenvalue weighted by molar-refractivity contribution is 0.0690. The molecular weight excluding hydrogens is 298 g/mol. The second-order valence-corrected chi connectivity index (χ2v) is 5.66. The first-order chi connectivity index (χ1) is 9.65. The Morgan fingerprint density at radius 1 is 1.25 bits per heavy atom. The normalized spacial score (nSPS) is 10.7. The minimum atomic E-state index is -1.07. The molecule has 0 amide bonds. The van der Waals surface area contributed by atoms with Crippen LogP contribution in [0.3, 0.4) is 0 Å². The number of carboxylic acid groups (broad SMARTS) is 1. The largest absolute Gasteiger partial charge is 0.476 e. The standard InChI is InChI=1S/C13H8ClN3O2S/c14-12-2-1-11(20-12)10-7-9(13(18)19)16-17(10)8-3-5-15-6-4-8/h1-7H,(H,18,19). The molecule has 0 fully saturated rings. The van der Waals surface area contributed by atoms with Gasteiger partial charge in [-0.25, -0.2) is 9.48 Å². The molecule has 0 aliphatic heterocycles. The number of carboxylic acids is 1. The molecule has 0 saturated heterocycles. The smallest absolute Gasteiger partial charge is 0.356 e. The first-order valence-electron chi connectivity index (χ1n) is 5.64. The lowest BCUT2D eigenvalue weighted by Gasteiger charge is -2.04. The Balaban J connectivity index is 2.20. The molecule has 1 N–H and O–H groups in total. The van der Waals surface area contributed by atoms with Crippen LogP contribution in [-0.2, 0) is 0 Å². The van der Waals surface area contributed by atoms with Gasteiger partial charge in [0.25, 0.3) is 0 Å². The summed E-state index contributed by atoms with van der Waals surface area (Å²) in [6.45, 7) is 0. The highest BCUT2D eigenvalue weighted by Crippen LogP contribution is 2.32. The summed E-state index contributed by atoms with van der Waals surface area (Å²) in [5.41, 5.74) is 1.42. The van der Waals surface area contributed by atoms with E-state index in [-0.39, 0.29) is 5.69 Å². The van der Waals surface area contributed by atoms with Crippen LogP contribution in [0.1, 0.15) is 10.5 Å². The monoisotopic (exact) mass is 305 g/mol. The van der Waals surface area contributed by atoms with Gasteiger partial charge in [0.2, 0.25) is 0 Å². The van der Waals surface area contributed by atoms with Gasteiger partial charge in [-0.3, -0.25) is 4.98 Å². The maximum atomic E-state index is 11.1. The third kappa shape index (κ3) is 2.31. The van der Waals surface area contributed by atoms with Crippen molar-refractivity contribution in [3.05, 3.63) is 52.8 Å². The van der Waals surface area contributed by atoms with Crippen LogP contribution in [-0.4, -0.2) is 25.8 Å². The van der Waals surface area contributed by atoms with E-state index in [0.29, 0.717) is 10.0 Å². The molecule has 0 spiro atoms. The molecule has 3 rings (SSSR count). The maximum absolute atomic E-state index is 11.1. The number of hydrogen-bond acceptors (Lipinski definition) is 4. The molecule has 100 valence electrons. The Kier molecular flexibility index (Phi) is 3.25. The summed E-state index contributed by atoms with van der Waals surface area (Å²) in [7, 11) is 0. The van der Waals surface area contributed by atoms with Crippen LogP contribution < -0.4 is 0 Å². The fourth-order valence-corrected chi connectivity index (χ4v) is 2.84. The molecule has 0 atom stereocenters. The van der Waals surface area contributed by atoms with Gasteiger partial charge in [-0.15, -0.1) is 11.3 Å². The summed E-state index contributed by atoms with van der Waals surface area (Å²) < 4.78 is 2.21. The molecule has 0 saturated carbocycles. The molecule has 3 aromatic rings. The minimum absolute atomic E-state index is 0.0127. The topological polar surface area (TPSA) is 68.0 Å². The molecular formula is C13H8ClN3O2S. The van der Waals surface area contributed by atoms with Crippen molar-refractivity contribution in [3.63, 3.8) is 0 Å². The molecule has 0 radical (unpaired) electrons. The van der Waals surface area contributed by atoms with E-state index in [1.54, 1.807) is 35.3 Å². The second kappa shape index (κ2) is 5.07. The predicted octanol–water partition coefficient (Wildman–Crippen LogP) is 3.35. The number of hydrogen-bond donors (Lipinski definition) is 1. The highest BCUT2D eigenvalue weighted by molar-refractivity contribution is 7.19. The number of carbonyl (C=O) groups is 1. The van der Waals surface area contributed by atoms with Crippen LogP contribution in [0.2, 0.25) is 4.34 Å². The molecule has 0 unspecified atom stereocenters. The fourth-order valence-electron chi connectivity index (χ4n) is 1.80. The van der Waals surface area contributed by atoms with Gasteiger partial charge < -0.3 is 5.11 Å². The van der Waals surface area contributed by atoms with Gasteiger partial charge in [0.15, 0.2) is 5.69 Å². The molecule has 0 aliphatic carbocycles. The van der Waals surface area contributed by atoms with E-state index in [1.807, 2.05) is 6.07 Å². The van der Waals surface area contributed by atoms with Crippen LogP contribution >= 0.6 is 22.9 Å². The van der Waals surface area contributed by atoms with Gasteiger partial charge in [0, 0.05) is 18.5 Å². The SMILES string of the molecule is O=C(O)c1cc(-c2ccc(Cl)s2)n(-c2ccncc2)n1. The van der Waals surface area contributed by atoms with Crippen LogP contribution in [0.5, 0.6) is 0 Å². The van der Waals surface area contributed by atoms with Crippen molar-refractivity contribution in [2.24, 2.45) is 0 Å². The number of halogens is 1. The molecule has 0 aliphatic rings. The van der Waals surface area contributed by atoms with E-state index < -0.39 is 5.97 Å². The van der Waals surface area contributed by atoms with Gasteiger partial charge in [0.05, 0.1) is 20.6 Å². The number of thiophene rings is 1. The van der Waals surface area contributed by atoms with Crippen LogP contribution in [0.25, 0.3) is 16.3 Å².